The molecule has 1 unspecified atom stereocenters. The summed E-state index contributed by atoms with van der Waals surface area (Å²) in [5, 5.41) is 10.7. The van der Waals surface area contributed by atoms with Crippen LogP contribution in [-0.4, -0.2) is 73.1 Å². The maximum atomic E-state index is 11.9. The molecule has 152 valence electrons. The Hall–Kier alpha value is -2.09. The van der Waals surface area contributed by atoms with Gasteiger partial charge in [-0.1, -0.05) is 25.9 Å². The third-order valence-corrected chi connectivity index (χ3v) is 4.88. The highest BCUT2D eigenvalue weighted by molar-refractivity contribution is 5.84. The number of nitrogens with one attached hydrogen (secondary N) is 2. The van der Waals surface area contributed by atoms with E-state index in [0.29, 0.717) is 24.5 Å². The quantitative estimate of drug-likeness (QED) is 0.525. The second-order valence-electron chi connectivity index (χ2n) is 7.48. The normalized spacial score (nSPS) is 18.1. The van der Waals surface area contributed by atoms with Crippen molar-refractivity contribution in [2.75, 3.05) is 40.3 Å². The molecular weight excluding hydrogens is 344 g/mol. The van der Waals surface area contributed by atoms with Crippen molar-refractivity contribution >= 4 is 11.9 Å². The van der Waals surface area contributed by atoms with Crippen LogP contribution in [0, 0.1) is 0 Å². The molecule has 1 saturated heterocycles. The number of aromatic nitrogens is 1. The van der Waals surface area contributed by atoms with Crippen LogP contribution in [0.15, 0.2) is 15.6 Å². The third-order valence-electron chi connectivity index (χ3n) is 4.88. The van der Waals surface area contributed by atoms with Crippen LogP contribution in [0.4, 0.5) is 0 Å². The summed E-state index contributed by atoms with van der Waals surface area (Å²) in [6.07, 6.45) is 2.42. The zero-order valence-corrected chi connectivity index (χ0v) is 17.3. The van der Waals surface area contributed by atoms with Crippen molar-refractivity contribution in [3.05, 3.63) is 17.5 Å². The van der Waals surface area contributed by atoms with Gasteiger partial charge in [-0.05, 0) is 31.8 Å². The van der Waals surface area contributed by atoms with Gasteiger partial charge in [0, 0.05) is 32.7 Å². The van der Waals surface area contributed by atoms with E-state index >= 15 is 0 Å². The van der Waals surface area contributed by atoms with E-state index in [0.717, 1.165) is 31.1 Å². The molecule has 0 spiro atoms. The van der Waals surface area contributed by atoms with Gasteiger partial charge < -0.3 is 20.1 Å². The highest BCUT2D eigenvalue weighted by Crippen LogP contribution is 2.16. The van der Waals surface area contributed by atoms with E-state index in [4.69, 9.17) is 4.52 Å². The first-order valence-corrected chi connectivity index (χ1v) is 9.82. The van der Waals surface area contributed by atoms with Crippen LogP contribution in [-0.2, 0) is 11.3 Å². The summed E-state index contributed by atoms with van der Waals surface area (Å²) in [6.45, 7) is 9.96. The molecule has 2 heterocycles. The standard InChI is InChI=1S/C19H34N6O2/c1-6-25-9-7-8-15(25)11-20-19(22-13-18(26)24(4)5)21-12-16-10-17(14(2)3)23-27-16/h10,14-15H,6-9,11-13H2,1-5H3,(H2,20,21,22). The van der Waals surface area contributed by atoms with Gasteiger partial charge in [0.15, 0.2) is 11.7 Å². The molecule has 1 amide bonds. The van der Waals surface area contributed by atoms with E-state index in [2.05, 4.69) is 46.5 Å². The number of hydrogen-bond acceptors (Lipinski definition) is 5. The average Bonchev–Trinajstić information content (AvgIpc) is 3.29. The molecule has 8 nitrogen and oxygen atoms in total. The molecule has 1 aliphatic rings. The van der Waals surface area contributed by atoms with E-state index in [1.54, 1.807) is 19.0 Å². The molecular formula is C19H34N6O2. The number of aliphatic imine (C=N–C) groups is 1. The summed E-state index contributed by atoms with van der Waals surface area (Å²) < 4.78 is 5.37. The second kappa shape index (κ2) is 10.3. The lowest BCUT2D eigenvalue weighted by molar-refractivity contribution is -0.127. The molecule has 0 aliphatic carbocycles. The summed E-state index contributed by atoms with van der Waals surface area (Å²) in [4.78, 5) is 20.3. The summed E-state index contributed by atoms with van der Waals surface area (Å²) in [6, 6.07) is 2.46. The SMILES string of the molecule is CCN1CCCC1CNC(=NCC(=O)N(C)C)NCc1cc(C(C)C)no1. The fourth-order valence-corrected chi connectivity index (χ4v) is 3.07. The zero-order valence-electron chi connectivity index (χ0n) is 17.3. The van der Waals surface area contributed by atoms with E-state index in [1.165, 1.54) is 12.8 Å². The molecule has 2 rings (SSSR count). The van der Waals surface area contributed by atoms with Crippen molar-refractivity contribution < 1.29 is 9.32 Å². The van der Waals surface area contributed by atoms with Gasteiger partial charge in [0.2, 0.25) is 5.91 Å². The topological polar surface area (TPSA) is 86.0 Å². The number of amides is 1. The van der Waals surface area contributed by atoms with Crippen molar-refractivity contribution in [1.29, 1.82) is 0 Å². The molecule has 1 aliphatic heterocycles. The monoisotopic (exact) mass is 378 g/mol. The Balaban J connectivity index is 1.95. The van der Waals surface area contributed by atoms with Crippen LogP contribution in [0.5, 0.6) is 0 Å². The minimum atomic E-state index is -0.0334. The van der Waals surface area contributed by atoms with Crippen LogP contribution < -0.4 is 10.6 Å². The molecule has 1 aromatic rings. The molecule has 1 atom stereocenters. The van der Waals surface area contributed by atoms with Gasteiger partial charge in [0.1, 0.15) is 6.54 Å². The van der Waals surface area contributed by atoms with Crippen molar-refractivity contribution in [3.63, 3.8) is 0 Å². The summed E-state index contributed by atoms with van der Waals surface area (Å²) >= 11 is 0. The minimum Gasteiger partial charge on any atom is -0.359 e. The average molecular weight is 379 g/mol. The molecule has 1 aromatic heterocycles. The number of likely N-dealkylation sites (tertiary alicyclic amines) is 1. The van der Waals surface area contributed by atoms with Gasteiger partial charge in [-0.15, -0.1) is 0 Å². The van der Waals surface area contributed by atoms with Gasteiger partial charge in [0.05, 0.1) is 12.2 Å². The van der Waals surface area contributed by atoms with Gasteiger partial charge in [-0.25, -0.2) is 4.99 Å². The van der Waals surface area contributed by atoms with E-state index in [9.17, 15) is 4.79 Å². The summed E-state index contributed by atoms with van der Waals surface area (Å²) in [5.41, 5.74) is 0.936. The smallest absolute Gasteiger partial charge is 0.243 e. The molecule has 0 bridgehead atoms. The Morgan fingerprint density at radius 2 is 2.22 bits per heavy atom. The molecule has 1 fully saturated rings. The fourth-order valence-electron chi connectivity index (χ4n) is 3.07. The lowest BCUT2D eigenvalue weighted by Crippen LogP contribution is -2.45. The zero-order chi connectivity index (χ0) is 19.8. The van der Waals surface area contributed by atoms with Crippen LogP contribution in [0.3, 0.4) is 0 Å². The number of likely N-dealkylation sites (N-methyl/N-ethyl adjacent to an activating group) is 2. The Kier molecular flexibility index (Phi) is 8.09. The summed E-state index contributed by atoms with van der Waals surface area (Å²) in [5.74, 6) is 1.67. The highest BCUT2D eigenvalue weighted by atomic mass is 16.5. The first-order chi connectivity index (χ1) is 12.9. The van der Waals surface area contributed by atoms with Gasteiger partial charge >= 0.3 is 0 Å². The van der Waals surface area contributed by atoms with Crippen LogP contribution in [0.1, 0.15) is 51.0 Å². The highest BCUT2D eigenvalue weighted by Gasteiger charge is 2.23. The molecule has 0 saturated carbocycles. The largest absolute Gasteiger partial charge is 0.359 e. The Bertz CT molecular complexity index is 625. The molecule has 2 N–H and O–H groups in total. The predicted molar refractivity (Wildman–Crippen MR) is 107 cm³/mol. The van der Waals surface area contributed by atoms with Crippen molar-refractivity contribution in [2.45, 2.75) is 52.1 Å². The molecule has 0 radical (unpaired) electrons. The van der Waals surface area contributed by atoms with Gasteiger partial charge in [-0.3, -0.25) is 9.69 Å². The molecule has 27 heavy (non-hydrogen) atoms. The van der Waals surface area contributed by atoms with Crippen LogP contribution in [0.2, 0.25) is 0 Å². The lowest BCUT2D eigenvalue weighted by Gasteiger charge is -2.24. The number of carbonyl (C=O) groups is 1. The Morgan fingerprint density at radius 3 is 2.85 bits per heavy atom. The van der Waals surface area contributed by atoms with Crippen molar-refractivity contribution in [1.82, 2.24) is 25.6 Å². The maximum Gasteiger partial charge on any atom is 0.243 e. The van der Waals surface area contributed by atoms with Crippen LogP contribution in [0.25, 0.3) is 0 Å². The fraction of sp³-hybridized carbons (Fsp3) is 0.737. The predicted octanol–water partition coefficient (Wildman–Crippen LogP) is 1.41. The number of nitrogens with zero attached hydrogens (tertiary/aromatic N) is 4. The number of guanidine groups is 1. The second-order valence-corrected chi connectivity index (χ2v) is 7.48. The first kappa shape index (κ1) is 21.2. The maximum absolute atomic E-state index is 11.9. The first-order valence-electron chi connectivity index (χ1n) is 9.82. The van der Waals surface area contributed by atoms with E-state index in [-0.39, 0.29) is 12.5 Å². The van der Waals surface area contributed by atoms with Crippen molar-refractivity contribution in [3.8, 4) is 0 Å². The Morgan fingerprint density at radius 1 is 1.44 bits per heavy atom. The Labute approximate surface area is 162 Å². The van der Waals surface area contributed by atoms with Gasteiger partial charge in [-0.2, -0.15) is 0 Å². The summed E-state index contributed by atoms with van der Waals surface area (Å²) in [7, 11) is 3.47. The van der Waals surface area contributed by atoms with E-state index < -0.39 is 0 Å². The minimum absolute atomic E-state index is 0.0334. The third kappa shape index (κ3) is 6.53. The lowest BCUT2D eigenvalue weighted by atomic mass is 10.1. The number of carbonyl (C=O) groups excluding carboxylic acids is 1. The van der Waals surface area contributed by atoms with E-state index in [1.807, 2.05) is 6.07 Å². The van der Waals surface area contributed by atoms with Crippen molar-refractivity contribution in [2.24, 2.45) is 4.99 Å². The number of rotatable bonds is 8. The van der Waals surface area contributed by atoms with Gasteiger partial charge in [0.25, 0.3) is 0 Å². The van der Waals surface area contributed by atoms with Crippen LogP contribution >= 0.6 is 0 Å². The number of hydrogen-bond donors (Lipinski definition) is 2. The molecule has 8 heteroatoms. The molecule has 0 aromatic carbocycles.